The molecule has 1 heterocycles. The minimum absolute atomic E-state index is 0.300. The number of piperidine rings is 1. The summed E-state index contributed by atoms with van der Waals surface area (Å²) in [6.45, 7) is 2.04. The van der Waals surface area contributed by atoms with Crippen molar-refractivity contribution in [3.8, 4) is 5.75 Å². The number of halogens is 1. The highest BCUT2D eigenvalue weighted by Gasteiger charge is 2.24. The number of nitrogens with two attached hydrogens (primary N) is 1. The molecule has 6 heteroatoms. The first-order valence-electron chi connectivity index (χ1n) is 7.20. The predicted octanol–water partition coefficient (Wildman–Crippen LogP) is 2.61. The standard InChI is InChI=1S/C15H21ClN2O3/c16-13-5-1-4-12(14(13)21-8-6-17)9-11-3-2-7-18(10-11)15(19)20/h1,4-5,11H,2-3,6-10,17H2,(H,19,20). The number of hydrogen-bond acceptors (Lipinski definition) is 3. The van der Waals surface area contributed by atoms with Crippen LogP contribution in [0.25, 0.3) is 0 Å². The van der Waals surface area contributed by atoms with Crippen molar-refractivity contribution in [1.29, 1.82) is 0 Å². The van der Waals surface area contributed by atoms with Crippen LogP contribution in [0.2, 0.25) is 5.02 Å². The maximum atomic E-state index is 11.1. The maximum Gasteiger partial charge on any atom is 0.407 e. The fraction of sp³-hybridized carbons (Fsp3) is 0.533. The lowest BCUT2D eigenvalue weighted by Gasteiger charge is -2.31. The summed E-state index contributed by atoms with van der Waals surface area (Å²) >= 11 is 6.19. The molecule has 1 atom stereocenters. The van der Waals surface area contributed by atoms with Gasteiger partial charge in [-0.3, -0.25) is 0 Å². The van der Waals surface area contributed by atoms with E-state index in [4.69, 9.17) is 27.2 Å². The smallest absolute Gasteiger partial charge is 0.407 e. The number of carboxylic acid groups (broad SMARTS) is 1. The lowest BCUT2D eigenvalue weighted by molar-refractivity contribution is 0.120. The van der Waals surface area contributed by atoms with Crippen molar-refractivity contribution >= 4 is 17.7 Å². The molecule has 0 aromatic heterocycles. The molecule has 0 spiro atoms. The molecule has 5 nitrogen and oxygen atoms in total. The third kappa shape index (κ3) is 4.25. The summed E-state index contributed by atoms with van der Waals surface area (Å²) in [6, 6.07) is 5.67. The number of amides is 1. The molecule has 1 unspecified atom stereocenters. The minimum Gasteiger partial charge on any atom is -0.490 e. The summed E-state index contributed by atoms with van der Waals surface area (Å²) in [7, 11) is 0. The Kier molecular flexibility index (Phi) is 5.70. The van der Waals surface area contributed by atoms with Crippen molar-refractivity contribution < 1.29 is 14.6 Å². The normalized spacial score (nSPS) is 18.6. The van der Waals surface area contributed by atoms with Gasteiger partial charge in [-0.25, -0.2) is 4.79 Å². The molecule has 1 fully saturated rings. The topological polar surface area (TPSA) is 75.8 Å². The average Bonchev–Trinajstić information content (AvgIpc) is 2.47. The number of para-hydroxylation sites is 1. The molecule has 0 radical (unpaired) electrons. The first-order chi connectivity index (χ1) is 10.1. The number of likely N-dealkylation sites (tertiary alicyclic amines) is 1. The molecule has 116 valence electrons. The molecule has 0 bridgehead atoms. The van der Waals surface area contributed by atoms with Gasteiger partial charge in [0.1, 0.15) is 12.4 Å². The minimum atomic E-state index is -0.842. The van der Waals surface area contributed by atoms with Crippen LogP contribution in [-0.2, 0) is 6.42 Å². The summed E-state index contributed by atoms with van der Waals surface area (Å²) in [5.74, 6) is 0.977. The van der Waals surface area contributed by atoms with Gasteiger partial charge in [-0.15, -0.1) is 0 Å². The molecular weight excluding hydrogens is 292 g/mol. The van der Waals surface area contributed by atoms with E-state index >= 15 is 0 Å². The Labute approximate surface area is 129 Å². The fourth-order valence-corrected chi connectivity index (χ4v) is 3.00. The summed E-state index contributed by atoms with van der Waals surface area (Å²) in [5, 5.41) is 9.68. The summed E-state index contributed by atoms with van der Waals surface area (Å²) in [6.07, 6.45) is 1.85. The molecule has 3 N–H and O–H groups in total. The van der Waals surface area contributed by atoms with Crippen LogP contribution in [-0.4, -0.2) is 42.3 Å². The van der Waals surface area contributed by atoms with Gasteiger partial charge in [-0.05, 0) is 36.8 Å². The zero-order valence-corrected chi connectivity index (χ0v) is 12.7. The molecule has 21 heavy (non-hydrogen) atoms. The fourth-order valence-electron chi connectivity index (χ4n) is 2.75. The van der Waals surface area contributed by atoms with Gasteiger partial charge in [0.05, 0.1) is 5.02 Å². The first-order valence-corrected chi connectivity index (χ1v) is 7.57. The predicted molar refractivity (Wildman–Crippen MR) is 82.0 cm³/mol. The second-order valence-corrected chi connectivity index (χ2v) is 5.71. The second kappa shape index (κ2) is 7.52. The van der Waals surface area contributed by atoms with Crippen LogP contribution in [0.5, 0.6) is 5.75 Å². The maximum absolute atomic E-state index is 11.1. The van der Waals surface area contributed by atoms with Gasteiger partial charge >= 0.3 is 6.09 Å². The summed E-state index contributed by atoms with van der Waals surface area (Å²) < 4.78 is 5.65. The highest BCUT2D eigenvalue weighted by Crippen LogP contribution is 2.32. The van der Waals surface area contributed by atoms with Gasteiger partial charge in [-0.2, -0.15) is 0 Å². The van der Waals surface area contributed by atoms with Crippen molar-refractivity contribution in [2.45, 2.75) is 19.3 Å². The number of ether oxygens (including phenoxy) is 1. The van der Waals surface area contributed by atoms with E-state index < -0.39 is 6.09 Å². The molecule has 1 aliphatic heterocycles. The lowest BCUT2D eigenvalue weighted by Crippen LogP contribution is -2.39. The third-order valence-corrected chi connectivity index (χ3v) is 4.01. The molecule has 1 aromatic rings. The second-order valence-electron chi connectivity index (χ2n) is 5.31. The van der Waals surface area contributed by atoms with Gasteiger partial charge in [-0.1, -0.05) is 23.7 Å². The van der Waals surface area contributed by atoms with Crippen molar-refractivity contribution in [3.63, 3.8) is 0 Å². The number of carbonyl (C=O) groups is 1. The van der Waals surface area contributed by atoms with E-state index in [0.29, 0.717) is 42.9 Å². The summed E-state index contributed by atoms with van der Waals surface area (Å²) in [4.78, 5) is 12.6. The van der Waals surface area contributed by atoms with Crippen molar-refractivity contribution in [2.24, 2.45) is 11.7 Å². The van der Waals surface area contributed by atoms with Crippen molar-refractivity contribution in [1.82, 2.24) is 4.90 Å². The van der Waals surface area contributed by atoms with E-state index in [9.17, 15) is 4.79 Å². The van der Waals surface area contributed by atoms with Gasteiger partial charge in [0.25, 0.3) is 0 Å². The Bertz CT molecular complexity index is 496. The Morgan fingerprint density at radius 3 is 3.05 bits per heavy atom. The number of hydrogen-bond donors (Lipinski definition) is 2. The van der Waals surface area contributed by atoms with Crippen LogP contribution in [0.15, 0.2) is 18.2 Å². The molecule has 2 rings (SSSR count). The van der Waals surface area contributed by atoms with Crippen molar-refractivity contribution in [2.75, 3.05) is 26.2 Å². The van der Waals surface area contributed by atoms with Gasteiger partial charge in [0.2, 0.25) is 0 Å². The lowest BCUT2D eigenvalue weighted by atomic mass is 9.91. The van der Waals surface area contributed by atoms with Gasteiger partial charge < -0.3 is 20.5 Å². The Morgan fingerprint density at radius 2 is 2.33 bits per heavy atom. The Hall–Kier alpha value is -1.46. The van der Waals surface area contributed by atoms with E-state index in [1.165, 1.54) is 4.90 Å². The molecule has 1 amide bonds. The Balaban J connectivity index is 2.08. The van der Waals surface area contributed by atoms with Crippen LogP contribution in [0.1, 0.15) is 18.4 Å². The molecule has 0 aliphatic carbocycles. The largest absolute Gasteiger partial charge is 0.490 e. The molecule has 0 saturated carbocycles. The quantitative estimate of drug-likeness (QED) is 0.876. The number of rotatable bonds is 5. The zero-order valence-electron chi connectivity index (χ0n) is 11.9. The SMILES string of the molecule is NCCOc1c(Cl)cccc1CC1CCCN(C(=O)O)C1. The Morgan fingerprint density at radius 1 is 1.52 bits per heavy atom. The molecule has 1 saturated heterocycles. The number of nitrogens with zero attached hydrogens (tertiary/aromatic N) is 1. The summed E-state index contributed by atoms with van der Waals surface area (Å²) in [5.41, 5.74) is 6.49. The van der Waals surface area contributed by atoms with Gasteiger partial charge in [0, 0.05) is 19.6 Å². The third-order valence-electron chi connectivity index (χ3n) is 3.71. The van der Waals surface area contributed by atoms with E-state index in [2.05, 4.69) is 0 Å². The van der Waals surface area contributed by atoms with E-state index in [1.807, 2.05) is 12.1 Å². The van der Waals surface area contributed by atoms with E-state index in [1.54, 1.807) is 6.07 Å². The van der Waals surface area contributed by atoms with Gasteiger partial charge in [0.15, 0.2) is 0 Å². The van der Waals surface area contributed by atoms with E-state index in [-0.39, 0.29) is 0 Å². The number of benzene rings is 1. The van der Waals surface area contributed by atoms with Crippen LogP contribution in [0.4, 0.5) is 4.79 Å². The highest BCUT2D eigenvalue weighted by molar-refractivity contribution is 6.32. The van der Waals surface area contributed by atoms with Crippen molar-refractivity contribution in [3.05, 3.63) is 28.8 Å². The average molecular weight is 313 g/mol. The first kappa shape index (κ1) is 15.9. The van der Waals surface area contributed by atoms with Crippen LogP contribution >= 0.6 is 11.6 Å². The molecular formula is C15H21ClN2O3. The van der Waals surface area contributed by atoms with Crippen LogP contribution in [0, 0.1) is 5.92 Å². The van der Waals surface area contributed by atoms with Crippen LogP contribution in [0.3, 0.4) is 0 Å². The molecule has 1 aromatic carbocycles. The highest BCUT2D eigenvalue weighted by atomic mass is 35.5. The van der Waals surface area contributed by atoms with E-state index in [0.717, 1.165) is 24.8 Å². The molecule has 1 aliphatic rings. The zero-order chi connectivity index (χ0) is 15.2. The van der Waals surface area contributed by atoms with Crippen LogP contribution < -0.4 is 10.5 Å². The monoisotopic (exact) mass is 312 g/mol.